The Balaban J connectivity index is 2.84. The van der Waals surface area contributed by atoms with Gasteiger partial charge in [-0.15, -0.1) is 0 Å². The van der Waals surface area contributed by atoms with Gasteiger partial charge in [0.1, 0.15) is 0 Å². The van der Waals surface area contributed by atoms with Gasteiger partial charge in [-0.2, -0.15) is 0 Å². The molecule has 1 rings (SSSR count). The Morgan fingerprint density at radius 3 is 2.50 bits per heavy atom. The standard InChI is InChI=1S/C12H12Cl2F2O2/c1-7(4-11(17)18)6-12(15,16)8-2-3-9(13)10(14)5-8/h2-3,5,7H,4,6H2,1H3,(H,17,18). The van der Waals surface area contributed by atoms with Gasteiger partial charge in [0, 0.05) is 18.4 Å². The van der Waals surface area contributed by atoms with Crippen LogP contribution in [0.3, 0.4) is 0 Å². The van der Waals surface area contributed by atoms with Crippen LogP contribution in [0.25, 0.3) is 0 Å². The minimum absolute atomic E-state index is 0.0553. The summed E-state index contributed by atoms with van der Waals surface area (Å²) in [6, 6.07) is 3.61. The summed E-state index contributed by atoms with van der Waals surface area (Å²) in [6.07, 6.45) is -0.839. The number of carboxylic acids is 1. The summed E-state index contributed by atoms with van der Waals surface area (Å²) in [5.74, 6) is -4.84. The number of alkyl halides is 2. The first kappa shape index (κ1) is 15.2. The maximum atomic E-state index is 13.9. The summed E-state index contributed by atoms with van der Waals surface area (Å²) in [4.78, 5) is 10.4. The molecular formula is C12H12Cl2F2O2. The highest BCUT2D eigenvalue weighted by atomic mass is 35.5. The van der Waals surface area contributed by atoms with E-state index in [2.05, 4.69) is 0 Å². The lowest BCUT2D eigenvalue weighted by Crippen LogP contribution is -2.19. The maximum Gasteiger partial charge on any atom is 0.303 e. The van der Waals surface area contributed by atoms with E-state index in [0.29, 0.717) is 0 Å². The van der Waals surface area contributed by atoms with E-state index in [0.717, 1.165) is 6.07 Å². The molecule has 0 heterocycles. The molecule has 100 valence electrons. The first-order valence-corrected chi connectivity index (χ1v) is 6.03. The Bertz CT molecular complexity index is 450. The quantitative estimate of drug-likeness (QED) is 0.863. The second kappa shape index (κ2) is 5.85. The number of hydrogen-bond donors (Lipinski definition) is 1. The molecular weight excluding hydrogens is 285 g/mol. The monoisotopic (exact) mass is 296 g/mol. The molecule has 6 heteroatoms. The molecule has 0 amide bonds. The van der Waals surface area contributed by atoms with E-state index in [9.17, 15) is 13.6 Å². The Morgan fingerprint density at radius 2 is 2.00 bits per heavy atom. The molecule has 0 aliphatic heterocycles. The second-order valence-corrected chi connectivity index (χ2v) is 5.05. The lowest BCUT2D eigenvalue weighted by molar-refractivity contribution is -0.138. The zero-order valence-corrected chi connectivity index (χ0v) is 11.1. The molecule has 0 aromatic heterocycles. The fourth-order valence-electron chi connectivity index (χ4n) is 1.65. The van der Waals surface area contributed by atoms with E-state index < -0.39 is 24.2 Å². The SMILES string of the molecule is CC(CC(=O)O)CC(F)(F)c1ccc(Cl)c(Cl)c1. The average molecular weight is 297 g/mol. The molecule has 0 fully saturated rings. The molecule has 0 saturated heterocycles. The van der Waals surface area contributed by atoms with E-state index >= 15 is 0 Å². The molecule has 1 unspecified atom stereocenters. The smallest absolute Gasteiger partial charge is 0.303 e. The molecule has 0 bridgehead atoms. The van der Waals surface area contributed by atoms with Crippen molar-refractivity contribution in [3.63, 3.8) is 0 Å². The van der Waals surface area contributed by atoms with Crippen molar-refractivity contribution < 1.29 is 18.7 Å². The van der Waals surface area contributed by atoms with Crippen LogP contribution in [0, 0.1) is 5.92 Å². The minimum Gasteiger partial charge on any atom is -0.481 e. The van der Waals surface area contributed by atoms with Crippen LogP contribution >= 0.6 is 23.2 Å². The first-order valence-electron chi connectivity index (χ1n) is 5.27. The van der Waals surface area contributed by atoms with Crippen LogP contribution in [0.1, 0.15) is 25.3 Å². The minimum atomic E-state index is -3.12. The van der Waals surface area contributed by atoms with Crippen LogP contribution in [0.2, 0.25) is 10.0 Å². The van der Waals surface area contributed by atoms with Gasteiger partial charge >= 0.3 is 5.97 Å². The van der Waals surface area contributed by atoms with Crippen molar-refractivity contribution in [3.8, 4) is 0 Å². The average Bonchev–Trinajstić information content (AvgIpc) is 2.19. The number of aliphatic carboxylic acids is 1. The van der Waals surface area contributed by atoms with E-state index in [-0.39, 0.29) is 22.0 Å². The fourth-order valence-corrected chi connectivity index (χ4v) is 1.95. The third-order valence-electron chi connectivity index (χ3n) is 2.47. The van der Waals surface area contributed by atoms with Crippen molar-refractivity contribution in [2.45, 2.75) is 25.7 Å². The lowest BCUT2D eigenvalue weighted by atomic mass is 9.95. The van der Waals surface area contributed by atoms with Crippen molar-refractivity contribution in [3.05, 3.63) is 33.8 Å². The van der Waals surface area contributed by atoms with Crippen LogP contribution in [0.5, 0.6) is 0 Å². The predicted molar refractivity (Wildman–Crippen MR) is 66.4 cm³/mol. The predicted octanol–water partition coefficient (Wildman–Crippen LogP) is 4.59. The van der Waals surface area contributed by atoms with Gasteiger partial charge in [-0.1, -0.05) is 36.2 Å². The Kier molecular flexibility index (Phi) is 4.93. The number of carboxylic acid groups (broad SMARTS) is 1. The van der Waals surface area contributed by atoms with Crippen LogP contribution < -0.4 is 0 Å². The van der Waals surface area contributed by atoms with E-state index in [1.165, 1.54) is 19.1 Å². The van der Waals surface area contributed by atoms with Crippen LogP contribution in [0.15, 0.2) is 18.2 Å². The van der Waals surface area contributed by atoms with Crippen LogP contribution in [0.4, 0.5) is 8.78 Å². The van der Waals surface area contributed by atoms with Crippen LogP contribution in [-0.2, 0) is 10.7 Å². The molecule has 0 aliphatic carbocycles. The Labute approximate surface area is 114 Å². The summed E-state index contributed by atoms with van der Waals surface area (Å²) >= 11 is 11.3. The molecule has 1 aromatic rings. The van der Waals surface area contributed by atoms with Crippen molar-refractivity contribution in [2.75, 3.05) is 0 Å². The zero-order chi connectivity index (χ0) is 13.9. The molecule has 0 aliphatic rings. The highest BCUT2D eigenvalue weighted by Crippen LogP contribution is 2.37. The molecule has 1 atom stereocenters. The highest BCUT2D eigenvalue weighted by molar-refractivity contribution is 6.42. The fraction of sp³-hybridized carbons (Fsp3) is 0.417. The van der Waals surface area contributed by atoms with Gasteiger partial charge in [0.25, 0.3) is 5.92 Å². The molecule has 1 N–H and O–H groups in total. The highest BCUT2D eigenvalue weighted by Gasteiger charge is 2.34. The molecule has 2 nitrogen and oxygen atoms in total. The third-order valence-corrected chi connectivity index (χ3v) is 3.21. The van der Waals surface area contributed by atoms with Gasteiger partial charge in [-0.3, -0.25) is 4.79 Å². The van der Waals surface area contributed by atoms with Crippen molar-refractivity contribution in [1.82, 2.24) is 0 Å². The molecule has 0 spiro atoms. The molecule has 18 heavy (non-hydrogen) atoms. The number of rotatable bonds is 5. The summed E-state index contributed by atoms with van der Waals surface area (Å²) in [7, 11) is 0. The first-order chi connectivity index (χ1) is 8.22. The topological polar surface area (TPSA) is 37.3 Å². The van der Waals surface area contributed by atoms with Crippen molar-refractivity contribution in [1.29, 1.82) is 0 Å². The number of hydrogen-bond acceptors (Lipinski definition) is 1. The third kappa shape index (κ3) is 4.10. The summed E-state index contributed by atoms with van der Waals surface area (Å²) < 4.78 is 27.7. The zero-order valence-electron chi connectivity index (χ0n) is 9.59. The van der Waals surface area contributed by atoms with Crippen molar-refractivity contribution >= 4 is 29.2 Å². The maximum absolute atomic E-state index is 13.9. The summed E-state index contributed by atoms with van der Waals surface area (Å²) in [5.41, 5.74) is -0.255. The number of carbonyl (C=O) groups is 1. The lowest BCUT2D eigenvalue weighted by Gasteiger charge is -2.20. The Hall–Kier alpha value is -0.870. The second-order valence-electron chi connectivity index (χ2n) is 4.24. The normalized spacial score (nSPS) is 13.4. The molecule has 0 saturated carbocycles. The summed E-state index contributed by atoms with van der Waals surface area (Å²) in [5, 5.41) is 8.81. The van der Waals surface area contributed by atoms with Gasteiger partial charge in [-0.05, 0) is 18.1 Å². The van der Waals surface area contributed by atoms with Gasteiger partial charge in [0.15, 0.2) is 0 Å². The molecule has 1 aromatic carbocycles. The Morgan fingerprint density at radius 1 is 1.39 bits per heavy atom. The van der Waals surface area contributed by atoms with Gasteiger partial charge in [-0.25, -0.2) is 8.78 Å². The summed E-state index contributed by atoms with van der Waals surface area (Å²) in [6.45, 7) is 1.47. The van der Waals surface area contributed by atoms with Gasteiger partial charge in [0.05, 0.1) is 10.0 Å². The van der Waals surface area contributed by atoms with Crippen molar-refractivity contribution in [2.24, 2.45) is 5.92 Å². The number of benzene rings is 1. The number of halogens is 4. The largest absolute Gasteiger partial charge is 0.481 e. The van der Waals surface area contributed by atoms with Gasteiger partial charge < -0.3 is 5.11 Å². The van der Waals surface area contributed by atoms with E-state index in [1.807, 2.05) is 0 Å². The van der Waals surface area contributed by atoms with E-state index in [1.54, 1.807) is 0 Å². The van der Waals surface area contributed by atoms with E-state index in [4.69, 9.17) is 28.3 Å². The van der Waals surface area contributed by atoms with Gasteiger partial charge in [0.2, 0.25) is 0 Å². The molecule has 0 radical (unpaired) electrons. The van der Waals surface area contributed by atoms with Crippen LogP contribution in [-0.4, -0.2) is 11.1 Å².